The van der Waals surface area contributed by atoms with Crippen LogP contribution in [0, 0.1) is 5.92 Å². The van der Waals surface area contributed by atoms with Crippen molar-refractivity contribution in [1.29, 1.82) is 0 Å². The fraction of sp³-hybridized carbons (Fsp3) is 0.567. The van der Waals surface area contributed by atoms with Crippen LogP contribution in [-0.2, 0) is 39.1 Å². The molecule has 0 spiro atoms. The molecule has 2 heteroatoms. The first-order chi connectivity index (χ1) is 15.1. The third-order valence-electron chi connectivity index (χ3n) is 5.03. The first-order valence-corrected chi connectivity index (χ1v) is 13.5. The molecule has 0 fully saturated rings. The summed E-state index contributed by atoms with van der Waals surface area (Å²) in [5, 5.41) is 0. The zero-order valence-electron chi connectivity index (χ0n) is 22.7. The van der Waals surface area contributed by atoms with Crippen LogP contribution in [0.25, 0.3) is 0 Å². The monoisotopic (exact) mass is 532 g/mol. The van der Waals surface area contributed by atoms with Gasteiger partial charge in [0.05, 0.1) is 0 Å². The Morgan fingerprint density at radius 2 is 1.25 bits per heavy atom. The van der Waals surface area contributed by atoms with Gasteiger partial charge in [-0.3, -0.25) is 0 Å². The Labute approximate surface area is 232 Å². The molecule has 0 nitrogen and oxygen atoms in total. The second-order valence-corrected chi connectivity index (χ2v) is 9.15. The van der Waals surface area contributed by atoms with Crippen molar-refractivity contribution in [3.05, 3.63) is 72.1 Å². The number of rotatable bonds is 10. The van der Waals surface area contributed by atoms with E-state index >= 15 is 0 Å². The standard InChI is InChI=1S/C13H20S.C13H19.2C2H6.Y/c1-4-11-13(3,5-2)14-12-9-7-6-8-10-12;1-3-8-12(4-2)11-13-9-6-5-7-10-13;2*1-2;/h6-10H,4-5,11H2,1-3H3;5-7,9-10H,3-4,8,11H2,1-2H3;2*1-2H3;/q;-1;;;. The molecule has 1 unspecified atom stereocenters. The summed E-state index contributed by atoms with van der Waals surface area (Å²) in [7, 11) is 0. The van der Waals surface area contributed by atoms with E-state index in [9.17, 15) is 0 Å². The van der Waals surface area contributed by atoms with Crippen LogP contribution in [0.15, 0.2) is 65.6 Å². The van der Waals surface area contributed by atoms with Crippen LogP contribution in [0.2, 0.25) is 0 Å². The minimum absolute atomic E-state index is 0. The number of benzene rings is 2. The molecule has 2 aromatic rings. The van der Waals surface area contributed by atoms with Crippen molar-refractivity contribution in [3.8, 4) is 0 Å². The van der Waals surface area contributed by atoms with Crippen molar-refractivity contribution >= 4 is 11.8 Å². The molecular weight excluding hydrogens is 481 g/mol. The van der Waals surface area contributed by atoms with Crippen molar-refractivity contribution in [2.45, 2.75) is 117 Å². The van der Waals surface area contributed by atoms with Gasteiger partial charge in [-0.2, -0.15) is 19.3 Å². The first kappa shape index (κ1) is 36.5. The largest absolute Gasteiger partial charge is 0.310 e. The third kappa shape index (κ3) is 18.3. The van der Waals surface area contributed by atoms with E-state index in [0.29, 0.717) is 4.75 Å². The summed E-state index contributed by atoms with van der Waals surface area (Å²) in [6.45, 7) is 19.4. The summed E-state index contributed by atoms with van der Waals surface area (Å²) in [5.41, 5.74) is 1.45. The van der Waals surface area contributed by atoms with Gasteiger partial charge in [-0.05, 0) is 25.0 Å². The van der Waals surface area contributed by atoms with Crippen molar-refractivity contribution in [1.82, 2.24) is 0 Å². The minimum Gasteiger partial charge on any atom is -0.310 e. The molecule has 1 atom stereocenters. The Kier molecular flexibility index (Phi) is 29.1. The molecule has 0 saturated carbocycles. The second kappa shape index (κ2) is 25.5. The third-order valence-corrected chi connectivity index (χ3v) is 6.53. The summed E-state index contributed by atoms with van der Waals surface area (Å²) >= 11 is 2.02. The Balaban J connectivity index is -0.000000443. The molecule has 0 heterocycles. The van der Waals surface area contributed by atoms with Gasteiger partial charge < -0.3 is 5.92 Å². The van der Waals surface area contributed by atoms with Crippen LogP contribution in [0.3, 0.4) is 0 Å². The normalized spacial score (nSPS) is 11.3. The van der Waals surface area contributed by atoms with Crippen LogP contribution in [0.1, 0.15) is 106 Å². The summed E-state index contributed by atoms with van der Waals surface area (Å²) in [6.07, 6.45) is 8.75. The maximum Gasteiger partial charge on any atom is 0.0176 e. The van der Waals surface area contributed by atoms with Crippen molar-refractivity contribution < 1.29 is 32.7 Å². The fourth-order valence-corrected chi connectivity index (χ4v) is 4.54. The van der Waals surface area contributed by atoms with E-state index in [-0.39, 0.29) is 32.7 Å². The molecule has 0 aliphatic rings. The van der Waals surface area contributed by atoms with Crippen molar-refractivity contribution in [2.75, 3.05) is 0 Å². The molecule has 0 saturated heterocycles. The molecule has 0 aromatic heterocycles. The summed E-state index contributed by atoms with van der Waals surface area (Å²) in [4.78, 5) is 1.39. The van der Waals surface area contributed by atoms with Gasteiger partial charge in [0.2, 0.25) is 0 Å². The number of hydrogen-bond acceptors (Lipinski definition) is 1. The predicted molar refractivity (Wildman–Crippen MR) is 147 cm³/mol. The van der Waals surface area contributed by atoms with Gasteiger partial charge in [-0.25, -0.2) is 0 Å². The molecule has 2 rings (SSSR count). The minimum atomic E-state index is 0. The fourth-order valence-electron chi connectivity index (χ4n) is 3.23. The molecule has 181 valence electrons. The molecule has 0 amide bonds. The van der Waals surface area contributed by atoms with Crippen LogP contribution in [0.4, 0.5) is 0 Å². The van der Waals surface area contributed by atoms with Crippen LogP contribution in [-0.4, -0.2) is 4.75 Å². The molecule has 1 radical (unpaired) electrons. The summed E-state index contributed by atoms with van der Waals surface area (Å²) in [5.74, 6) is 1.67. The number of hydrogen-bond donors (Lipinski definition) is 0. The van der Waals surface area contributed by atoms with E-state index in [4.69, 9.17) is 0 Å². The van der Waals surface area contributed by atoms with E-state index in [1.807, 2.05) is 39.5 Å². The van der Waals surface area contributed by atoms with E-state index < -0.39 is 0 Å². The average molecular weight is 533 g/mol. The zero-order valence-corrected chi connectivity index (χ0v) is 26.4. The maximum absolute atomic E-state index is 2.37. The second-order valence-electron chi connectivity index (χ2n) is 7.48. The average Bonchev–Trinajstić information content (AvgIpc) is 2.83. The Bertz CT molecular complexity index is 584. The van der Waals surface area contributed by atoms with Gasteiger partial charge in [-0.1, -0.05) is 129 Å². The number of thioether (sulfide) groups is 1. The van der Waals surface area contributed by atoms with Gasteiger partial charge in [0.25, 0.3) is 0 Å². The summed E-state index contributed by atoms with van der Waals surface area (Å²) < 4.78 is 0.413. The Morgan fingerprint density at radius 3 is 1.66 bits per heavy atom. The van der Waals surface area contributed by atoms with E-state index in [1.54, 1.807) is 5.92 Å². The molecule has 0 N–H and O–H groups in total. The van der Waals surface area contributed by atoms with Gasteiger partial charge in [-0.15, -0.1) is 11.8 Å². The predicted octanol–water partition coefficient (Wildman–Crippen LogP) is 10.8. The smallest absolute Gasteiger partial charge is 0.0176 e. The van der Waals surface area contributed by atoms with Crippen LogP contribution >= 0.6 is 11.8 Å². The first-order valence-electron chi connectivity index (χ1n) is 12.7. The maximum atomic E-state index is 2.37. The molecular formula is C30H51SY-. The van der Waals surface area contributed by atoms with E-state index in [1.165, 1.54) is 55.4 Å². The molecule has 0 aliphatic heterocycles. The van der Waals surface area contributed by atoms with Gasteiger partial charge in [0, 0.05) is 42.4 Å². The van der Waals surface area contributed by atoms with Gasteiger partial charge in [0.15, 0.2) is 0 Å². The Hall–Kier alpha value is -0.106. The molecule has 0 bridgehead atoms. The summed E-state index contributed by atoms with van der Waals surface area (Å²) in [6, 6.07) is 21.5. The van der Waals surface area contributed by atoms with Crippen molar-refractivity contribution in [2.24, 2.45) is 0 Å². The molecule has 32 heavy (non-hydrogen) atoms. The zero-order chi connectivity index (χ0) is 24.0. The van der Waals surface area contributed by atoms with Crippen LogP contribution < -0.4 is 0 Å². The van der Waals surface area contributed by atoms with E-state index in [2.05, 4.69) is 95.3 Å². The van der Waals surface area contributed by atoms with Gasteiger partial charge >= 0.3 is 0 Å². The quantitative estimate of drug-likeness (QED) is 0.217. The molecule has 0 aliphatic carbocycles. The topological polar surface area (TPSA) is 0 Å². The van der Waals surface area contributed by atoms with Crippen LogP contribution in [0.5, 0.6) is 0 Å². The van der Waals surface area contributed by atoms with Crippen molar-refractivity contribution in [3.63, 3.8) is 0 Å². The Morgan fingerprint density at radius 1 is 0.750 bits per heavy atom. The molecule has 2 aromatic carbocycles. The van der Waals surface area contributed by atoms with Gasteiger partial charge in [0.1, 0.15) is 0 Å². The SMILES string of the molecule is CC.CC.CCCC(C)(CC)Sc1ccccc1.CCC[C-](CC)Cc1ccccc1.[Y]. The van der Waals surface area contributed by atoms with E-state index in [0.717, 1.165) is 0 Å².